The molecule has 10 heteroatoms. The molecule has 0 spiro atoms. The lowest BCUT2D eigenvalue weighted by Gasteiger charge is -2.37. The molecule has 1 aromatic rings. The summed E-state index contributed by atoms with van der Waals surface area (Å²) in [5.74, 6) is 0.357. The highest BCUT2D eigenvalue weighted by Crippen LogP contribution is 2.31. The highest BCUT2D eigenvalue weighted by Gasteiger charge is 2.37. The van der Waals surface area contributed by atoms with E-state index in [2.05, 4.69) is 15.7 Å². The molecule has 1 aliphatic heterocycles. The van der Waals surface area contributed by atoms with E-state index in [1.165, 1.54) is 5.01 Å². The largest absolute Gasteiger partial charge is 0.363 e. The van der Waals surface area contributed by atoms with Gasteiger partial charge in [0.25, 0.3) is 0 Å². The molecule has 2 atom stereocenters. The standard InChI is InChI=1S/C22H34N6O4/c1-26(2)20-11-5-10-19(24-20)25-21(30)18-9-6-12-23-28(18)22(31)17(14-27(32)15-29)13-16-7-3-4-8-16/h5,10-11,15-18,23,32H,3-4,6-9,12-14H2,1-2H3,(H,24,25,30)/t17-,18+/m1/s1. The van der Waals surface area contributed by atoms with Gasteiger partial charge in [-0.25, -0.2) is 15.5 Å². The fraction of sp³-hybridized carbons (Fsp3) is 0.636. The third kappa shape index (κ3) is 6.17. The van der Waals surface area contributed by atoms with Crippen molar-refractivity contribution in [2.75, 3.05) is 37.4 Å². The van der Waals surface area contributed by atoms with Crippen molar-refractivity contribution in [1.82, 2.24) is 20.5 Å². The molecule has 2 aliphatic rings. The second-order valence-corrected chi connectivity index (χ2v) is 8.85. The van der Waals surface area contributed by atoms with Crippen molar-refractivity contribution in [1.29, 1.82) is 0 Å². The number of nitrogens with zero attached hydrogens (tertiary/aromatic N) is 4. The van der Waals surface area contributed by atoms with Gasteiger partial charge in [-0.05, 0) is 37.3 Å². The van der Waals surface area contributed by atoms with E-state index in [1.807, 2.05) is 31.1 Å². The minimum atomic E-state index is -0.699. The first-order valence-electron chi connectivity index (χ1n) is 11.3. The summed E-state index contributed by atoms with van der Waals surface area (Å²) < 4.78 is 0. The third-order valence-corrected chi connectivity index (χ3v) is 6.20. The Morgan fingerprint density at radius 2 is 2.03 bits per heavy atom. The van der Waals surface area contributed by atoms with Crippen LogP contribution in [0.3, 0.4) is 0 Å². The van der Waals surface area contributed by atoms with Gasteiger partial charge in [-0.2, -0.15) is 0 Å². The predicted octanol–water partition coefficient (Wildman–Crippen LogP) is 1.63. The van der Waals surface area contributed by atoms with Crippen LogP contribution in [-0.4, -0.2) is 71.7 Å². The van der Waals surface area contributed by atoms with E-state index in [4.69, 9.17) is 0 Å². The molecule has 0 radical (unpaired) electrons. The Kier molecular flexibility index (Phi) is 8.40. The van der Waals surface area contributed by atoms with Crippen LogP contribution in [0.4, 0.5) is 11.6 Å². The van der Waals surface area contributed by atoms with Crippen molar-refractivity contribution >= 4 is 29.9 Å². The minimum Gasteiger partial charge on any atom is -0.363 e. The quantitative estimate of drug-likeness (QED) is 0.300. The molecule has 3 rings (SSSR count). The fourth-order valence-corrected chi connectivity index (χ4v) is 4.53. The van der Waals surface area contributed by atoms with Crippen LogP contribution in [0.2, 0.25) is 0 Å². The fourth-order valence-electron chi connectivity index (χ4n) is 4.53. The summed E-state index contributed by atoms with van der Waals surface area (Å²) in [6, 6.07) is 4.67. The summed E-state index contributed by atoms with van der Waals surface area (Å²) in [6.07, 6.45) is 6.52. The summed E-state index contributed by atoms with van der Waals surface area (Å²) in [5, 5.41) is 14.5. The molecule has 0 aromatic carbocycles. The molecule has 0 unspecified atom stereocenters. The van der Waals surface area contributed by atoms with Gasteiger partial charge >= 0.3 is 0 Å². The van der Waals surface area contributed by atoms with Crippen molar-refractivity contribution < 1.29 is 19.6 Å². The van der Waals surface area contributed by atoms with E-state index in [1.54, 1.807) is 6.07 Å². The lowest BCUT2D eigenvalue weighted by atomic mass is 9.91. The average Bonchev–Trinajstić information content (AvgIpc) is 3.31. The van der Waals surface area contributed by atoms with Gasteiger partial charge in [0.1, 0.15) is 17.7 Å². The van der Waals surface area contributed by atoms with E-state index in [0.29, 0.717) is 48.4 Å². The molecule has 3 N–H and O–H groups in total. The van der Waals surface area contributed by atoms with E-state index < -0.39 is 12.0 Å². The number of rotatable bonds is 9. The number of pyridine rings is 1. The molecule has 1 aliphatic carbocycles. The topological polar surface area (TPSA) is 118 Å². The van der Waals surface area contributed by atoms with Gasteiger partial charge in [-0.1, -0.05) is 31.7 Å². The maximum absolute atomic E-state index is 13.5. The lowest BCUT2D eigenvalue weighted by Crippen LogP contribution is -2.59. The molecular formula is C22H34N6O4. The van der Waals surface area contributed by atoms with Crippen LogP contribution in [-0.2, 0) is 14.4 Å². The van der Waals surface area contributed by atoms with Crippen molar-refractivity contribution in [3.63, 3.8) is 0 Å². The number of carbonyl (C=O) groups is 3. The maximum atomic E-state index is 13.5. The first kappa shape index (κ1) is 23.9. The molecule has 2 fully saturated rings. The molecule has 0 bridgehead atoms. The summed E-state index contributed by atoms with van der Waals surface area (Å²) in [6.45, 7) is 0.494. The molecule has 3 amide bonds. The molecule has 1 aromatic heterocycles. The number of amides is 3. The molecule has 1 saturated heterocycles. The van der Waals surface area contributed by atoms with E-state index >= 15 is 0 Å². The van der Waals surface area contributed by atoms with Gasteiger partial charge in [-0.15, -0.1) is 0 Å². The summed E-state index contributed by atoms with van der Waals surface area (Å²) >= 11 is 0. The summed E-state index contributed by atoms with van der Waals surface area (Å²) in [7, 11) is 3.74. The SMILES string of the molecule is CN(C)c1cccc(NC(=O)[C@@H]2CCCNN2C(=O)[C@H](CC2CCCC2)CN(O)C=O)n1. The van der Waals surface area contributed by atoms with Crippen LogP contribution in [0.1, 0.15) is 44.9 Å². The van der Waals surface area contributed by atoms with Crippen molar-refractivity contribution in [2.45, 2.75) is 51.0 Å². The van der Waals surface area contributed by atoms with Crippen LogP contribution in [0.25, 0.3) is 0 Å². The highest BCUT2D eigenvalue weighted by molar-refractivity contribution is 5.97. The molecule has 176 valence electrons. The lowest BCUT2D eigenvalue weighted by molar-refractivity contribution is -0.161. The number of hydrogen-bond donors (Lipinski definition) is 3. The van der Waals surface area contributed by atoms with Gasteiger partial charge in [0.2, 0.25) is 18.2 Å². The van der Waals surface area contributed by atoms with Gasteiger partial charge in [-0.3, -0.25) is 24.6 Å². The minimum absolute atomic E-state index is 0.0855. The Labute approximate surface area is 188 Å². The number of anilines is 2. The molecule has 1 saturated carbocycles. The Morgan fingerprint density at radius 3 is 2.72 bits per heavy atom. The number of aromatic nitrogens is 1. The first-order valence-corrected chi connectivity index (χ1v) is 11.3. The number of carbonyl (C=O) groups excluding carboxylic acids is 3. The normalized spacial score (nSPS) is 20.0. The average molecular weight is 447 g/mol. The Bertz CT molecular complexity index is 798. The molecule has 2 heterocycles. The zero-order valence-corrected chi connectivity index (χ0v) is 18.9. The maximum Gasteiger partial charge on any atom is 0.249 e. The van der Waals surface area contributed by atoms with Crippen molar-refractivity contribution in [2.24, 2.45) is 11.8 Å². The number of nitrogens with one attached hydrogen (secondary N) is 2. The summed E-state index contributed by atoms with van der Waals surface area (Å²) in [5.41, 5.74) is 3.07. The predicted molar refractivity (Wildman–Crippen MR) is 120 cm³/mol. The zero-order valence-electron chi connectivity index (χ0n) is 18.9. The summed E-state index contributed by atoms with van der Waals surface area (Å²) in [4.78, 5) is 43.8. The zero-order chi connectivity index (χ0) is 23.1. The van der Waals surface area contributed by atoms with E-state index in [-0.39, 0.29) is 18.4 Å². The van der Waals surface area contributed by atoms with Crippen molar-refractivity contribution in [3.05, 3.63) is 18.2 Å². The number of hydroxylamine groups is 2. The molecule has 32 heavy (non-hydrogen) atoms. The van der Waals surface area contributed by atoms with E-state index in [9.17, 15) is 19.6 Å². The Balaban J connectivity index is 1.73. The molecule has 10 nitrogen and oxygen atoms in total. The van der Waals surface area contributed by atoms with E-state index in [0.717, 1.165) is 32.1 Å². The second-order valence-electron chi connectivity index (χ2n) is 8.85. The van der Waals surface area contributed by atoms with Crippen molar-refractivity contribution in [3.8, 4) is 0 Å². The van der Waals surface area contributed by atoms with Gasteiger partial charge in [0, 0.05) is 20.6 Å². The number of hydrogen-bond acceptors (Lipinski definition) is 7. The van der Waals surface area contributed by atoms with Gasteiger partial charge in [0.15, 0.2) is 0 Å². The van der Waals surface area contributed by atoms with Crippen LogP contribution < -0.4 is 15.6 Å². The van der Waals surface area contributed by atoms with Crippen LogP contribution in [0.5, 0.6) is 0 Å². The van der Waals surface area contributed by atoms with Crippen LogP contribution >= 0.6 is 0 Å². The molecular weight excluding hydrogens is 412 g/mol. The third-order valence-electron chi connectivity index (χ3n) is 6.20. The highest BCUT2D eigenvalue weighted by atomic mass is 16.5. The number of hydrazine groups is 1. The smallest absolute Gasteiger partial charge is 0.249 e. The van der Waals surface area contributed by atoms with Crippen LogP contribution in [0, 0.1) is 11.8 Å². The second kappa shape index (κ2) is 11.2. The van der Waals surface area contributed by atoms with Crippen LogP contribution in [0.15, 0.2) is 18.2 Å². The Morgan fingerprint density at radius 1 is 1.28 bits per heavy atom. The van der Waals surface area contributed by atoms with Gasteiger partial charge < -0.3 is 10.2 Å². The monoisotopic (exact) mass is 446 g/mol. The van der Waals surface area contributed by atoms with Gasteiger partial charge in [0.05, 0.1) is 12.5 Å². The Hall–Kier alpha value is -2.72. The first-order chi connectivity index (χ1) is 15.4.